The summed E-state index contributed by atoms with van der Waals surface area (Å²) in [5.74, 6) is 1.01. The van der Waals surface area contributed by atoms with Gasteiger partial charge in [-0.1, -0.05) is 18.2 Å². The molecular weight excluding hydrogens is 202 g/mol. The smallest absolute Gasteiger partial charge is 0.174 e. The molecule has 16 heavy (non-hydrogen) atoms. The van der Waals surface area contributed by atoms with Gasteiger partial charge in [0.2, 0.25) is 0 Å². The molecule has 78 valence electrons. The van der Waals surface area contributed by atoms with Crippen molar-refractivity contribution in [2.45, 2.75) is 0 Å². The predicted molar refractivity (Wildman–Crippen MR) is 61.1 cm³/mol. The Morgan fingerprint density at radius 1 is 1.06 bits per heavy atom. The molecule has 5 heteroatoms. The highest BCUT2D eigenvalue weighted by atomic mass is 15.3. The van der Waals surface area contributed by atoms with E-state index in [-0.39, 0.29) is 0 Å². The van der Waals surface area contributed by atoms with Gasteiger partial charge in [0.1, 0.15) is 5.82 Å². The largest absolute Gasteiger partial charge is 0.382 e. The van der Waals surface area contributed by atoms with Crippen LogP contribution in [-0.4, -0.2) is 19.7 Å². The van der Waals surface area contributed by atoms with Crippen molar-refractivity contribution in [3.8, 4) is 5.82 Å². The SMILES string of the molecule is Nc1cncc(-n2ncc3ccccc32)n1. The van der Waals surface area contributed by atoms with Crippen LogP contribution in [0.15, 0.2) is 42.9 Å². The Labute approximate surface area is 91.6 Å². The molecule has 3 aromatic rings. The van der Waals surface area contributed by atoms with Crippen molar-refractivity contribution in [3.63, 3.8) is 0 Å². The number of nitrogens with zero attached hydrogens (tertiary/aromatic N) is 4. The van der Waals surface area contributed by atoms with E-state index in [1.807, 2.05) is 24.3 Å². The Kier molecular flexibility index (Phi) is 1.83. The van der Waals surface area contributed by atoms with Crippen LogP contribution in [0.4, 0.5) is 5.82 Å². The highest BCUT2D eigenvalue weighted by Crippen LogP contribution is 2.16. The lowest BCUT2D eigenvalue weighted by molar-refractivity contribution is 0.867. The van der Waals surface area contributed by atoms with Gasteiger partial charge in [-0.2, -0.15) is 5.10 Å². The second kappa shape index (κ2) is 3.30. The molecule has 2 N–H and O–H groups in total. The summed E-state index contributed by atoms with van der Waals surface area (Å²) in [6.45, 7) is 0. The summed E-state index contributed by atoms with van der Waals surface area (Å²) in [6.07, 6.45) is 4.94. The molecule has 0 unspecified atom stereocenters. The Hall–Kier alpha value is -2.43. The number of hydrogen-bond acceptors (Lipinski definition) is 4. The second-order valence-corrected chi connectivity index (χ2v) is 3.42. The average Bonchev–Trinajstić information content (AvgIpc) is 2.72. The minimum atomic E-state index is 0.386. The Balaban J connectivity index is 2.26. The van der Waals surface area contributed by atoms with Crippen LogP contribution >= 0.6 is 0 Å². The topological polar surface area (TPSA) is 69.6 Å². The van der Waals surface area contributed by atoms with Crippen molar-refractivity contribution in [1.29, 1.82) is 0 Å². The minimum absolute atomic E-state index is 0.386. The van der Waals surface area contributed by atoms with E-state index in [4.69, 9.17) is 5.73 Å². The number of nitrogens with two attached hydrogens (primary N) is 1. The summed E-state index contributed by atoms with van der Waals surface area (Å²) in [5.41, 5.74) is 6.58. The zero-order valence-electron chi connectivity index (χ0n) is 8.41. The molecule has 1 aromatic carbocycles. The Bertz CT molecular complexity index is 643. The quantitative estimate of drug-likeness (QED) is 0.660. The van der Waals surface area contributed by atoms with Gasteiger partial charge >= 0.3 is 0 Å². The van der Waals surface area contributed by atoms with Gasteiger partial charge in [0.25, 0.3) is 0 Å². The predicted octanol–water partition coefficient (Wildman–Crippen LogP) is 1.40. The molecule has 0 radical (unpaired) electrons. The lowest BCUT2D eigenvalue weighted by Gasteiger charge is -2.01. The summed E-state index contributed by atoms with van der Waals surface area (Å²) < 4.78 is 1.72. The molecule has 5 nitrogen and oxygen atoms in total. The van der Waals surface area contributed by atoms with Crippen molar-refractivity contribution in [1.82, 2.24) is 19.7 Å². The molecule has 0 saturated heterocycles. The normalized spacial score (nSPS) is 10.8. The number of hydrogen-bond donors (Lipinski definition) is 1. The first-order valence-corrected chi connectivity index (χ1v) is 4.85. The van der Waals surface area contributed by atoms with Gasteiger partial charge in [0.05, 0.1) is 24.1 Å². The molecule has 0 fully saturated rings. The molecule has 0 aliphatic rings. The summed E-state index contributed by atoms with van der Waals surface area (Å²) in [6, 6.07) is 7.91. The maximum Gasteiger partial charge on any atom is 0.174 e. The van der Waals surface area contributed by atoms with Crippen LogP contribution in [0.25, 0.3) is 16.7 Å². The first-order valence-electron chi connectivity index (χ1n) is 4.85. The Morgan fingerprint density at radius 2 is 1.94 bits per heavy atom. The highest BCUT2D eigenvalue weighted by molar-refractivity contribution is 5.79. The molecule has 0 amide bonds. The van der Waals surface area contributed by atoms with E-state index in [0.717, 1.165) is 10.9 Å². The Morgan fingerprint density at radius 3 is 2.81 bits per heavy atom. The zero-order valence-corrected chi connectivity index (χ0v) is 8.41. The third kappa shape index (κ3) is 1.30. The van der Waals surface area contributed by atoms with E-state index in [1.54, 1.807) is 17.1 Å². The van der Waals surface area contributed by atoms with Crippen LogP contribution in [-0.2, 0) is 0 Å². The third-order valence-corrected chi connectivity index (χ3v) is 2.33. The van der Waals surface area contributed by atoms with Crippen LogP contribution in [0, 0.1) is 0 Å². The molecule has 0 aliphatic heterocycles. The van der Waals surface area contributed by atoms with Gasteiger partial charge in [0.15, 0.2) is 5.82 Å². The van der Waals surface area contributed by atoms with E-state index >= 15 is 0 Å². The van der Waals surface area contributed by atoms with E-state index < -0.39 is 0 Å². The number of aromatic nitrogens is 4. The summed E-state index contributed by atoms with van der Waals surface area (Å²) in [4.78, 5) is 8.18. The van der Waals surface area contributed by atoms with Gasteiger partial charge in [-0.25, -0.2) is 9.67 Å². The van der Waals surface area contributed by atoms with Crippen LogP contribution in [0.1, 0.15) is 0 Å². The zero-order chi connectivity index (χ0) is 11.0. The van der Waals surface area contributed by atoms with Crippen molar-refractivity contribution in [2.75, 3.05) is 5.73 Å². The van der Waals surface area contributed by atoms with Crippen molar-refractivity contribution in [2.24, 2.45) is 0 Å². The fourth-order valence-electron chi connectivity index (χ4n) is 1.63. The van der Waals surface area contributed by atoms with Crippen LogP contribution < -0.4 is 5.73 Å². The molecule has 0 bridgehead atoms. The molecule has 2 heterocycles. The second-order valence-electron chi connectivity index (χ2n) is 3.42. The number of fused-ring (bicyclic) bond motifs is 1. The third-order valence-electron chi connectivity index (χ3n) is 2.33. The molecule has 0 aliphatic carbocycles. The maximum atomic E-state index is 5.59. The van der Waals surface area contributed by atoms with Gasteiger partial charge < -0.3 is 5.73 Å². The van der Waals surface area contributed by atoms with Crippen molar-refractivity contribution >= 4 is 16.7 Å². The lowest BCUT2D eigenvalue weighted by Crippen LogP contribution is -2.02. The molecule has 2 aromatic heterocycles. The number of anilines is 1. The van der Waals surface area contributed by atoms with E-state index in [2.05, 4.69) is 15.1 Å². The summed E-state index contributed by atoms with van der Waals surface area (Å²) in [5, 5.41) is 5.33. The minimum Gasteiger partial charge on any atom is -0.382 e. The molecule has 0 atom stereocenters. The van der Waals surface area contributed by atoms with Crippen molar-refractivity contribution < 1.29 is 0 Å². The monoisotopic (exact) mass is 211 g/mol. The standard InChI is InChI=1S/C11H9N5/c12-10-6-13-7-11(15-10)16-9-4-2-1-3-8(9)5-14-16/h1-7H,(H2,12,15). The molecule has 3 rings (SSSR count). The van der Waals surface area contributed by atoms with Crippen LogP contribution in [0.2, 0.25) is 0 Å². The molecule has 0 saturated carbocycles. The maximum absolute atomic E-state index is 5.59. The van der Waals surface area contributed by atoms with Gasteiger partial charge in [-0.15, -0.1) is 0 Å². The fourth-order valence-corrected chi connectivity index (χ4v) is 1.63. The van der Waals surface area contributed by atoms with Crippen LogP contribution in [0.5, 0.6) is 0 Å². The average molecular weight is 211 g/mol. The van der Waals surface area contributed by atoms with E-state index in [9.17, 15) is 0 Å². The molecular formula is C11H9N5. The first kappa shape index (κ1) is 8.84. The number of para-hydroxylation sites is 1. The number of benzene rings is 1. The summed E-state index contributed by atoms with van der Waals surface area (Å²) >= 11 is 0. The highest BCUT2D eigenvalue weighted by Gasteiger charge is 2.05. The van der Waals surface area contributed by atoms with E-state index in [0.29, 0.717) is 11.6 Å². The lowest BCUT2D eigenvalue weighted by atomic mass is 10.3. The van der Waals surface area contributed by atoms with Gasteiger partial charge in [-0.05, 0) is 6.07 Å². The van der Waals surface area contributed by atoms with Crippen LogP contribution in [0.3, 0.4) is 0 Å². The fraction of sp³-hybridized carbons (Fsp3) is 0. The first-order chi connectivity index (χ1) is 7.84. The van der Waals surface area contributed by atoms with Gasteiger partial charge in [0, 0.05) is 5.39 Å². The van der Waals surface area contributed by atoms with Crippen molar-refractivity contribution in [3.05, 3.63) is 42.9 Å². The number of nitrogen functional groups attached to an aromatic ring is 1. The van der Waals surface area contributed by atoms with E-state index in [1.165, 1.54) is 6.20 Å². The number of rotatable bonds is 1. The summed E-state index contributed by atoms with van der Waals surface area (Å²) in [7, 11) is 0. The molecule has 0 spiro atoms. The van der Waals surface area contributed by atoms with Gasteiger partial charge in [-0.3, -0.25) is 4.98 Å².